The fourth-order valence-electron chi connectivity index (χ4n) is 3.26. The summed E-state index contributed by atoms with van der Waals surface area (Å²) in [7, 11) is 0. The Morgan fingerprint density at radius 2 is 1.73 bits per heavy atom. The third-order valence-electron chi connectivity index (χ3n) is 4.38. The molecule has 132 valence electrons. The third kappa shape index (κ3) is 2.49. The van der Waals surface area contributed by atoms with Crippen LogP contribution in [0.2, 0.25) is 5.02 Å². The summed E-state index contributed by atoms with van der Waals surface area (Å²) in [6.45, 7) is 0. The van der Waals surface area contributed by atoms with Crippen molar-refractivity contribution < 1.29 is 13.2 Å². The van der Waals surface area contributed by atoms with Gasteiger partial charge < -0.3 is 10.6 Å². The van der Waals surface area contributed by atoms with E-state index in [1.54, 1.807) is 36.4 Å². The van der Waals surface area contributed by atoms with Crippen LogP contribution in [0.5, 0.6) is 0 Å². The van der Waals surface area contributed by atoms with E-state index >= 15 is 0 Å². The van der Waals surface area contributed by atoms with Crippen molar-refractivity contribution in [2.45, 2.75) is 11.7 Å². The van der Waals surface area contributed by atoms with Gasteiger partial charge in [0.1, 0.15) is 5.82 Å². The van der Waals surface area contributed by atoms with E-state index in [9.17, 15) is 13.2 Å². The summed E-state index contributed by atoms with van der Waals surface area (Å²) in [4.78, 5) is 4.11. The topological polar surface area (TPSA) is 37.0 Å². The molecule has 0 bridgehead atoms. The van der Waals surface area contributed by atoms with Gasteiger partial charge in [0.15, 0.2) is 5.54 Å². The van der Waals surface area contributed by atoms with Crippen LogP contribution < -0.4 is 10.6 Å². The summed E-state index contributed by atoms with van der Waals surface area (Å²) >= 11 is 6.05. The highest BCUT2D eigenvalue weighted by Gasteiger charge is 2.61. The maximum atomic E-state index is 14.6. The maximum Gasteiger partial charge on any atom is 0.420 e. The fourth-order valence-corrected chi connectivity index (χ4v) is 3.44. The molecule has 0 amide bonds. The third-order valence-corrected chi connectivity index (χ3v) is 4.62. The molecule has 1 unspecified atom stereocenters. The zero-order valence-corrected chi connectivity index (χ0v) is 14.1. The number of pyridine rings is 1. The van der Waals surface area contributed by atoms with Crippen molar-refractivity contribution in [3.63, 3.8) is 0 Å². The fraction of sp³-hybridized carbons (Fsp3) is 0.105. The van der Waals surface area contributed by atoms with Gasteiger partial charge in [-0.25, -0.2) is 4.98 Å². The van der Waals surface area contributed by atoms with Crippen LogP contribution >= 0.6 is 11.6 Å². The van der Waals surface area contributed by atoms with Gasteiger partial charge in [0.25, 0.3) is 0 Å². The van der Waals surface area contributed by atoms with Gasteiger partial charge in [-0.2, -0.15) is 13.2 Å². The lowest BCUT2D eigenvalue weighted by atomic mass is 9.78. The summed E-state index contributed by atoms with van der Waals surface area (Å²) in [5, 5.41) is 5.90. The Balaban J connectivity index is 2.05. The molecule has 3 nitrogen and oxygen atoms in total. The second kappa shape index (κ2) is 5.92. The first-order valence-corrected chi connectivity index (χ1v) is 8.22. The van der Waals surface area contributed by atoms with Crippen molar-refractivity contribution in [3.8, 4) is 0 Å². The monoisotopic (exact) mass is 375 g/mol. The van der Waals surface area contributed by atoms with Crippen LogP contribution in [-0.2, 0) is 5.54 Å². The molecule has 26 heavy (non-hydrogen) atoms. The van der Waals surface area contributed by atoms with E-state index < -0.39 is 11.7 Å². The highest BCUT2D eigenvalue weighted by atomic mass is 35.5. The van der Waals surface area contributed by atoms with Crippen LogP contribution in [0, 0.1) is 0 Å². The summed E-state index contributed by atoms with van der Waals surface area (Å²) in [6, 6.07) is 15.6. The number of benzene rings is 2. The van der Waals surface area contributed by atoms with Crippen molar-refractivity contribution in [3.05, 3.63) is 83.0 Å². The van der Waals surface area contributed by atoms with Crippen molar-refractivity contribution in [1.82, 2.24) is 4.98 Å². The Hall–Kier alpha value is -2.73. The van der Waals surface area contributed by atoms with Gasteiger partial charge >= 0.3 is 6.18 Å². The number of rotatable bonds is 2. The molecule has 0 radical (unpaired) electrons. The number of para-hydroxylation sites is 1. The number of fused-ring (bicyclic) bond motifs is 2. The Morgan fingerprint density at radius 1 is 0.962 bits per heavy atom. The van der Waals surface area contributed by atoms with Crippen LogP contribution in [0.3, 0.4) is 0 Å². The number of hydrogen-bond donors (Lipinski definition) is 2. The van der Waals surface area contributed by atoms with Crippen LogP contribution in [0.4, 0.5) is 30.4 Å². The summed E-state index contributed by atoms with van der Waals surface area (Å²) in [5.41, 5.74) is -1.84. The molecular weight excluding hydrogens is 363 g/mol. The van der Waals surface area contributed by atoms with Crippen molar-refractivity contribution in [1.29, 1.82) is 0 Å². The predicted octanol–water partition coefficient (Wildman–Crippen LogP) is 5.71. The summed E-state index contributed by atoms with van der Waals surface area (Å²) < 4.78 is 43.8. The van der Waals surface area contributed by atoms with Gasteiger partial charge in [-0.05, 0) is 36.4 Å². The van der Waals surface area contributed by atoms with Crippen molar-refractivity contribution >= 4 is 28.8 Å². The van der Waals surface area contributed by atoms with Gasteiger partial charge in [0, 0.05) is 33.7 Å². The quantitative estimate of drug-likeness (QED) is 0.602. The molecule has 0 saturated carbocycles. The Kier molecular flexibility index (Phi) is 3.80. The smallest absolute Gasteiger partial charge is 0.364 e. The molecule has 0 spiro atoms. The van der Waals surface area contributed by atoms with E-state index in [1.807, 2.05) is 0 Å². The Morgan fingerprint density at radius 3 is 2.46 bits per heavy atom. The molecule has 7 heteroatoms. The highest BCUT2D eigenvalue weighted by molar-refractivity contribution is 6.30. The molecule has 0 saturated heterocycles. The largest absolute Gasteiger partial charge is 0.420 e. The maximum absolute atomic E-state index is 14.6. The molecule has 2 heterocycles. The first-order chi connectivity index (χ1) is 12.4. The molecule has 0 aliphatic carbocycles. The lowest BCUT2D eigenvalue weighted by molar-refractivity contribution is -0.170. The van der Waals surface area contributed by atoms with Crippen LogP contribution in [0.15, 0.2) is 66.9 Å². The molecule has 0 fully saturated rings. The van der Waals surface area contributed by atoms with Crippen LogP contribution in [0.1, 0.15) is 11.1 Å². The molecule has 1 aliphatic rings. The summed E-state index contributed by atoms with van der Waals surface area (Å²) in [5.74, 6) is 0.156. The van der Waals surface area contributed by atoms with Crippen molar-refractivity contribution in [2.24, 2.45) is 0 Å². The SMILES string of the molecule is FC(F)(F)C1(Nc2ccccc2)c2cc(Cl)ccc2Nc2ncccc21. The average molecular weight is 376 g/mol. The molecule has 2 aromatic carbocycles. The van der Waals surface area contributed by atoms with E-state index in [1.165, 1.54) is 30.5 Å². The van der Waals surface area contributed by atoms with E-state index in [-0.39, 0.29) is 22.0 Å². The lowest BCUT2D eigenvalue weighted by Gasteiger charge is -2.42. The Labute approximate surface area is 152 Å². The normalized spacial score (nSPS) is 18.5. The van der Waals surface area contributed by atoms with Gasteiger partial charge in [-0.1, -0.05) is 35.9 Å². The van der Waals surface area contributed by atoms with Crippen LogP contribution in [-0.4, -0.2) is 11.2 Å². The molecule has 1 atom stereocenters. The molecular formula is C19H13ClF3N3. The van der Waals surface area contributed by atoms with Crippen molar-refractivity contribution in [2.75, 3.05) is 10.6 Å². The zero-order valence-electron chi connectivity index (χ0n) is 13.3. The number of nitrogens with zero attached hydrogens (tertiary/aromatic N) is 1. The predicted molar refractivity (Wildman–Crippen MR) is 95.9 cm³/mol. The van der Waals surface area contributed by atoms with E-state index in [0.29, 0.717) is 11.4 Å². The van der Waals surface area contributed by atoms with Gasteiger partial charge in [0.05, 0.1) is 0 Å². The number of alkyl halides is 3. The minimum atomic E-state index is -4.65. The molecule has 3 aromatic rings. The molecule has 2 N–H and O–H groups in total. The Bertz CT molecular complexity index is 960. The van der Waals surface area contributed by atoms with Gasteiger partial charge in [0.2, 0.25) is 0 Å². The first-order valence-electron chi connectivity index (χ1n) is 7.84. The number of hydrogen-bond acceptors (Lipinski definition) is 3. The number of anilines is 3. The average Bonchev–Trinajstić information content (AvgIpc) is 2.62. The molecule has 1 aliphatic heterocycles. The lowest BCUT2D eigenvalue weighted by Crippen LogP contribution is -2.52. The standard InChI is InChI=1S/C19H13ClF3N3/c20-12-8-9-16-15(11-12)18(19(21,22)23,26-13-5-2-1-3-6-13)14-7-4-10-24-17(14)25-16/h1-11,26H,(H,24,25). The van der Waals surface area contributed by atoms with E-state index in [2.05, 4.69) is 15.6 Å². The second-order valence-corrected chi connectivity index (χ2v) is 6.39. The number of halogens is 4. The second-order valence-electron chi connectivity index (χ2n) is 5.95. The highest BCUT2D eigenvalue weighted by Crippen LogP contribution is 2.54. The number of nitrogens with one attached hydrogen (secondary N) is 2. The van der Waals surface area contributed by atoms with E-state index in [0.717, 1.165) is 0 Å². The van der Waals surface area contributed by atoms with Gasteiger partial charge in [-0.15, -0.1) is 0 Å². The van der Waals surface area contributed by atoms with E-state index in [4.69, 9.17) is 11.6 Å². The minimum Gasteiger partial charge on any atom is -0.364 e. The molecule has 4 rings (SSSR count). The summed E-state index contributed by atoms with van der Waals surface area (Å²) in [6.07, 6.45) is -3.20. The minimum absolute atomic E-state index is 0.00172. The van der Waals surface area contributed by atoms with Crippen LogP contribution in [0.25, 0.3) is 0 Å². The zero-order chi connectivity index (χ0) is 18.4. The van der Waals surface area contributed by atoms with Gasteiger partial charge in [-0.3, -0.25) is 0 Å². The molecule has 1 aromatic heterocycles. The first kappa shape index (κ1) is 16.7. The number of aromatic nitrogens is 1.